The smallest absolute Gasteiger partial charge is 0.251 e. The molecule has 0 atom stereocenters. The van der Waals surface area contributed by atoms with E-state index in [4.69, 9.17) is 5.84 Å². The van der Waals surface area contributed by atoms with Crippen LogP contribution in [-0.4, -0.2) is 13.0 Å². The molecule has 0 spiro atoms. The van der Waals surface area contributed by atoms with Gasteiger partial charge in [-0.15, -0.1) is 0 Å². The molecular formula is C9H13N3O. The van der Waals surface area contributed by atoms with E-state index in [1.165, 1.54) is 0 Å². The van der Waals surface area contributed by atoms with E-state index in [0.29, 0.717) is 5.56 Å². The predicted octanol–water partition coefficient (Wildman–Crippen LogP) is 0.640. The maximum Gasteiger partial charge on any atom is 0.251 e. The highest BCUT2D eigenvalue weighted by Crippen LogP contribution is 2.13. The fourth-order valence-electron chi connectivity index (χ4n) is 1.14. The first-order valence-corrected chi connectivity index (χ1v) is 3.98. The first-order chi connectivity index (χ1) is 6.19. The van der Waals surface area contributed by atoms with Crippen LogP contribution in [0.5, 0.6) is 0 Å². The number of carbonyl (C=O) groups excluding carboxylic acids is 1. The summed E-state index contributed by atoms with van der Waals surface area (Å²) in [7, 11) is 1.61. The molecule has 1 amide bonds. The number of anilines is 1. The quantitative estimate of drug-likeness (QED) is 0.461. The highest BCUT2D eigenvalue weighted by Gasteiger charge is 2.06. The molecule has 1 aromatic carbocycles. The number of carbonyl (C=O) groups is 1. The minimum Gasteiger partial charge on any atom is -0.355 e. The molecule has 0 fully saturated rings. The molecule has 13 heavy (non-hydrogen) atoms. The average Bonchev–Trinajstić information content (AvgIpc) is 2.16. The van der Waals surface area contributed by atoms with E-state index in [1.807, 2.05) is 13.0 Å². The maximum atomic E-state index is 11.3. The summed E-state index contributed by atoms with van der Waals surface area (Å²) in [4.78, 5) is 11.3. The summed E-state index contributed by atoms with van der Waals surface area (Å²) < 4.78 is 0. The highest BCUT2D eigenvalue weighted by molar-refractivity contribution is 5.95. The summed E-state index contributed by atoms with van der Waals surface area (Å²) in [5, 5.41) is 2.57. The fraction of sp³-hybridized carbons (Fsp3) is 0.222. The molecule has 0 aliphatic carbocycles. The van der Waals surface area contributed by atoms with Crippen molar-refractivity contribution in [3.8, 4) is 0 Å². The van der Waals surface area contributed by atoms with Crippen molar-refractivity contribution in [2.75, 3.05) is 12.5 Å². The van der Waals surface area contributed by atoms with Crippen LogP contribution in [0.25, 0.3) is 0 Å². The second-order valence-corrected chi connectivity index (χ2v) is 2.75. The third kappa shape index (κ3) is 1.97. The molecule has 0 aromatic heterocycles. The standard InChI is InChI=1S/C9H13N3O/c1-6-5-7(12-10)3-4-8(6)9(13)11-2/h3-5,12H,10H2,1-2H3,(H,11,13). The summed E-state index contributed by atoms with van der Waals surface area (Å²) in [6.45, 7) is 1.87. The summed E-state index contributed by atoms with van der Waals surface area (Å²) >= 11 is 0. The first kappa shape index (κ1) is 9.54. The predicted molar refractivity (Wildman–Crippen MR) is 52.4 cm³/mol. The van der Waals surface area contributed by atoms with E-state index in [0.717, 1.165) is 11.3 Å². The van der Waals surface area contributed by atoms with Gasteiger partial charge in [0, 0.05) is 18.3 Å². The number of nitrogens with two attached hydrogens (primary N) is 1. The van der Waals surface area contributed by atoms with E-state index in [1.54, 1.807) is 19.2 Å². The van der Waals surface area contributed by atoms with E-state index < -0.39 is 0 Å². The third-order valence-electron chi connectivity index (χ3n) is 1.86. The Hall–Kier alpha value is -1.55. The van der Waals surface area contributed by atoms with Crippen LogP contribution in [-0.2, 0) is 0 Å². The molecule has 4 nitrogen and oxygen atoms in total. The monoisotopic (exact) mass is 179 g/mol. The zero-order valence-electron chi connectivity index (χ0n) is 7.72. The second-order valence-electron chi connectivity index (χ2n) is 2.75. The van der Waals surface area contributed by atoms with E-state index in [2.05, 4.69) is 10.7 Å². The van der Waals surface area contributed by atoms with Crippen molar-refractivity contribution in [2.45, 2.75) is 6.92 Å². The number of hydrogen-bond acceptors (Lipinski definition) is 3. The Kier molecular flexibility index (Phi) is 2.87. The summed E-state index contributed by atoms with van der Waals surface area (Å²) in [5.74, 6) is 5.14. The summed E-state index contributed by atoms with van der Waals surface area (Å²) in [6.07, 6.45) is 0. The van der Waals surface area contributed by atoms with Gasteiger partial charge in [0.25, 0.3) is 5.91 Å². The van der Waals surface area contributed by atoms with Crippen molar-refractivity contribution in [1.29, 1.82) is 0 Å². The van der Waals surface area contributed by atoms with Crippen LogP contribution in [0.15, 0.2) is 18.2 Å². The van der Waals surface area contributed by atoms with Gasteiger partial charge in [0.1, 0.15) is 0 Å². The molecule has 0 heterocycles. The van der Waals surface area contributed by atoms with Gasteiger partial charge in [0.15, 0.2) is 0 Å². The molecule has 0 saturated carbocycles. The minimum atomic E-state index is -0.0823. The number of amides is 1. The average molecular weight is 179 g/mol. The van der Waals surface area contributed by atoms with Crippen molar-refractivity contribution in [1.82, 2.24) is 5.32 Å². The lowest BCUT2D eigenvalue weighted by Crippen LogP contribution is -2.19. The van der Waals surface area contributed by atoms with Crippen LogP contribution in [0.2, 0.25) is 0 Å². The van der Waals surface area contributed by atoms with Gasteiger partial charge in [-0.1, -0.05) is 0 Å². The molecule has 70 valence electrons. The van der Waals surface area contributed by atoms with Gasteiger partial charge in [-0.3, -0.25) is 10.6 Å². The van der Waals surface area contributed by atoms with Gasteiger partial charge < -0.3 is 10.7 Å². The molecule has 0 unspecified atom stereocenters. The Morgan fingerprint density at radius 1 is 1.46 bits per heavy atom. The second kappa shape index (κ2) is 3.91. The molecular weight excluding hydrogens is 166 g/mol. The molecule has 0 bridgehead atoms. The Morgan fingerprint density at radius 3 is 2.62 bits per heavy atom. The minimum absolute atomic E-state index is 0.0823. The van der Waals surface area contributed by atoms with Crippen LogP contribution in [0.3, 0.4) is 0 Å². The number of benzene rings is 1. The molecule has 1 aromatic rings. The van der Waals surface area contributed by atoms with Crippen LogP contribution in [0, 0.1) is 6.92 Å². The molecule has 0 saturated heterocycles. The number of rotatable bonds is 2. The lowest BCUT2D eigenvalue weighted by atomic mass is 10.1. The van der Waals surface area contributed by atoms with Crippen molar-refractivity contribution in [2.24, 2.45) is 5.84 Å². The lowest BCUT2D eigenvalue weighted by Gasteiger charge is -2.06. The zero-order chi connectivity index (χ0) is 9.84. The molecule has 4 N–H and O–H groups in total. The number of nitrogen functional groups attached to an aromatic ring is 1. The van der Waals surface area contributed by atoms with Crippen LogP contribution < -0.4 is 16.6 Å². The SMILES string of the molecule is CNC(=O)c1ccc(NN)cc1C. The van der Waals surface area contributed by atoms with Crippen molar-refractivity contribution < 1.29 is 4.79 Å². The number of aryl methyl sites for hydroxylation is 1. The van der Waals surface area contributed by atoms with Crippen molar-refractivity contribution in [3.63, 3.8) is 0 Å². The zero-order valence-corrected chi connectivity index (χ0v) is 7.72. The van der Waals surface area contributed by atoms with Crippen LogP contribution in [0.1, 0.15) is 15.9 Å². The van der Waals surface area contributed by atoms with Gasteiger partial charge >= 0.3 is 0 Å². The van der Waals surface area contributed by atoms with Gasteiger partial charge in [-0.25, -0.2) is 0 Å². The van der Waals surface area contributed by atoms with Crippen LogP contribution in [0.4, 0.5) is 5.69 Å². The number of nitrogens with one attached hydrogen (secondary N) is 2. The maximum absolute atomic E-state index is 11.3. The third-order valence-corrected chi connectivity index (χ3v) is 1.86. The van der Waals surface area contributed by atoms with Crippen molar-refractivity contribution in [3.05, 3.63) is 29.3 Å². The van der Waals surface area contributed by atoms with Gasteiger partial charge in [0.2, 0.25) is 0 Å². The summed E-state index contributed by atoms with van der Waals surface area (Å²) in [5.41, 5.74) is 4.88. The molecule has 0 radical (unpaired) electrons. The van der Waals surface area contributed by atoms with Crippen molar-refractivity contribution >= 4 is 11.6 Å². The molecule has 0 aliphatic heterocycles. The van der Waals surface area contributed by atoms with Gasteiger partial charge in [-0.05, 0) is 30.7 Å². The van der Waals surface area contributed by atoms with E-state index in [-0.39, 0.29) is 5.91 Å². The largest absolute Gasteiger partial charge is 0.355 e. The Bertz CT molecular complexity index is 323. The number of hydrogen-bond donors (Lipinski definition) is 3. The Labute approximate surface area is 77.1 Å². The highest BCUT2D eigenvalue weighted by atomic mass is 16.1. The van der Waals surface area contributed by atoms with Crippen LogP contribution >= 0.6 is 0 Å². The summed E-state index contributed by atoms with van der Waals surface area (Å²) in [6, 6.07) is 5.32. The van der Waals surface area contributed by atoms with Gasteiger partial charge in [0.05, 0.1) is 0 Å². The number of hydrazine groups is 1. The topological polar surface area (TPSA) is 67.2 Å². The van der Waals surface area contributed by atoms with Gasteiger partial charge in [-0.2, -0.15) is 0 Å². The first-order valence-electron chi connectivity index (χ1n) is 3.98. The molecule has 0 aliphatic rings. The lowest BCUT2D eigenvalue weighted by molar-refractivity contribution is 0.0962. The van der Waals surface area contributed by atoms with E-state index in [9.17, 15) is 4.79 Å². The normalized spacial score (nSPS) is 9.46. The molecule has 1 rings (SSSR count). The molecule has 4 heteroatoms. The Morgan fingerprint density at radius 2 is 2.15 bits per heavy atom. The Balaban J connectivity index is 3.05. The fourth-order valence-corrected chi connectivity index (χ4v) is 1.14. The van der Waals surface area contributed by atoms with E-state index >= 15 is 0 Å².